The van der Waals surface area contributed by atoms with E-state index in [2.05, 4.69) is 0 Å². The van der Waals surface area contributed by atoms with Gasteiger partial charge in [0.15, 0.2) is 0 Å². The molecule has 0 unspecified atom stereocenters. The number of thiocarbonyl (C=S) groups is 1. The number of likely N-dealkylation sites (tertiary alicyclic amines) is 1. The molecule has 148 valence electrons. The summed E-state index contributed by atoms with van der Waals surface area (Å²) in [5.74, 6) is -1.48. The third kappa shape index (κ3) is 4.32. The van der Waals surface area contributed by atoms with E-state index in [-0.39, 0.29) is 29.0 Å². The third-order valence-electron chi connectivity index (χ3n) is 4.80. The summed E-state index contributed by atoms with van der Waals surface area (Å²) >= 11 is 5.22. The molecule has 2 aromatic carbocycles. The molecule has 1 N–H and O–H groups in total. The topological polar surface area (TPSA) is 40.5 Å². The smallest absolute Gasteiger partial charge is 0.416 e. The van der Waals surface area contributed by atoms with Crippen molar-refractivity contribution in [2.24, 2.45) is 0 Å². The lowest BCUT2D eigenvalue weighted by Gasteiger charge is -2.40. The first-order valence-electron chi connectivity index (χ1n) is 8.65. The molecule has 1 fully saturated rings. The third-order valence-corrected chi connectivity index (χ3v) is 5.27. The average molecular weight is 411 g/mol. The molecule has 0 aromatic heterocycles. The van der Waals surface area contributed by atoms with Crippen LogP contribution in [0.25, 0.3) is 0 Å². The molecule has 28 heavy (non-hydrogen) atoms. The van der Waals surface area contributed by atoms with Gasteiger partial charge in [-0.15, -0.1) is 0 Å². The molecule has 0 amide bonds. The predicted molar refractivity (Wildman–Crippen MR) is 99.7 cm³/mol. The SMILES string of the molecule is O=C(O)[C@H]1CCN1C(=S)c1ccc(CCc2cccc(F)c2)c(C(F)(F)F)c1. The number of halogens is 4. The van der Waals surface area contributed by atoms with Crippen LogP contribution in [0.3, 0.4) is 0 Å². The van der Waals surface area contributed by atoms with Gasteiger partial charge in [-0.3, -0.25) is 0 Å². The van der Waals surface area contributed by atoms with Crippen LogP contribution < -0.4 is 0 Å². The van der Waals surface area contributed by atoms with Crippen LogP contribution in [0.5, 0.6) is 0 Å². The van der Waals surface area contributed by atoms with Gasteiger partial charge in [-0.25, -0.2) is 9.18 Å². The second-order valence-electron chi connectivity index (χ2n) is 6.64. The molecule has 0 aliphatic carbocycles. The van der Waals surface area contributed by atoms with E-state index >= 15 is 0 Å². The van der Waals surface area contributed by atoms with Crippen LogP contribution in [-0.4, -0.2) is 33.6 Å². The summed E-state index contributed by atoms with van der Waals surface area (Å²) in [4.78, 5) is 12.7. The molecule has 1 atom stereocenters. The van der Waals surface area contributed by atoms with E-state index in [4.69, 9.17) is 17.3 Å². The fourth-order valence-corrected chi connectivity index (χ4v) is 3.56. The minimum absolute atomic E-state index is 0.0849. The van der Waals surface area contributed by atoms with E-state index in [0.29, 0.717) is 18.5 Å². The summed E-state index contributed by atoms with van der Waals surface area (Å²) in [5, 5.41) is 9.12. The second-order valence-corrected chi connectivity index (χ2v) is 7.03. The van der Waals surface area contributed by atoms with Crippen LogP contribution in [0.2, 0.25) is 0 Å². The van der Waals surface area contributed by atoms with Crippen molar-refractivity contribution >= 4 is 23.2 Å². The van der Waals surface area contributed by atoms with Crippen LogP contribution in [0.15, 0.2) is 42.5 Å². The second kappa shape index (κ2) is 7.87. The first-order valence-corrected chi connectivity index (χ1v) is 9.06. The first kappa shape index (κ1) is 20.3. The Hall–Kier alpha value is -2.48. The van der Waals surface area contributed by atoms with E-state index in [0.717, 1.165) is 6.07 Å². The number of aryl methyl sites for hydroxylation is 2. The Balaban J connectivity index is 1.84. The number of carboxylic acid groups (broad SMARTS) is 1. The maximum atomic E-state index is 13.6. The van der Waals surface area contributed by atoms with Gasteiger partial charge in [-0.2, -0.15) is 13.2 Å². The normalized spacial score (nSPS) is 16.6. The van der Waals surface area contributed by atoms with Gasteiger partial charge in [0.05, 0.1) is 5.56 Å². The van der Waals surface area contributed by atoms with Crippen molar-refractivity contribution in [1.29, 1.82) is 0 Å². The number of aliphatic carboxylic acids is 1. The Morgan fingerprint density at radius 3 is 2.50 bits per heavy atom. The Morgan fingerprint density at radius 1 is 1.18 bits per heavy atom. The monoisotopic (exact) mass is 411 g/mol. The number of nitrogens with zero attached hydrogens (tertiary/aromatic N) is 1. The van der Waals surface area contributed by atoms with Crippen LogP contribution in [0.1, 0.15) is 28.7 Å². The van der Waals surface area contributed by atoms with E-state index in [1.54, 1.807) is 6.07 Å². The van der Waals surface area contributed by atoms with Crippen LogP contribution in [0, 0.1) is 5.82 Å². The number of benzene rings is 2. The lowest BCUT2D eigenvalue weighted by atomic mass is 9.96. The summed E-state index contributed by atoms with van der Waals surface area (Å²) in [6, 6.07) is 8.77. The fourth-order valence-electron chi connectivity index (χ4n) is 3.22. The molecule has 1 heterocycles. The van der Waals surface area contributed by atoms with Gasteiger partial charge in [0.25, 0.3) is 0 Å². The number of carbonyl (C=O) groups is 1. The molecule has 0 spiro atoms. The van der Waals surface area contributed by atoms with E-state index in [1.807, 2.05) is 0 Å². The van der Waals surface area contributed by atoms with Gasteiger partial charge < -0.3 is 10.0 Å². The zero-order valence-corrected chi connectivity index (χ0v) is 15.5. The van der Waals surface area contributed by atoms with Crippen molar-refractivity contribution in [3.63, 3.8) is 0 Å². The van der Waals surface area contributed by atoms with Crippen molar-refractivity contribution in [2.45, 2.75) is 31.5 Å². The maximum absolute atomic E-state index is 13.6. The number of hydrogen-bond acceptors (Lipinski definition) is 2. The Labute approximate surface area is 164 Å². The lowest BCUT2D eigenvalue weighted by molar-refractivity contribution is -0.145. The molecule has 3 nitrogen and oxygen atoms in total. The molecule has 0 radical (unpaired) electrons. The Bertz CT molecular complexity index is 913. The predicted octanol–water partition coefficient (Wildman–Crippen LogP) is 4.46. The van der Waals surface area contributed by atoms with Crippen molar-refractivity contribution in [3.05, 3.63) is 70.5 Å². The molecule has 0 saturated carbocycles. The highest BCUT2D eigenvalue weighted by Gasteiger charge is 2.38. The lowest BCUT2D eigenvalue weighted by Crippen LogP contribution is -2.54. The summed E-state index contributed by atoms with van der Waals surface area (Å²) < 4.78 is 54.0. The number of alkyl halides is 3. The fraction of sp³-hybridized carbons (Fsp3) is 0.300. The first-order chi connectivity index (χ1) is 13.2. The van der Waals surface area contributed by atoms with E-state index < -0.39 is 29.6 Å². The van der Waals surface area contributed by atoms with Crippen molar-refractivity contribution in [2.75, 3.05) is 6.54 Å². The van der Waals surface area contributed by atoms with Crippen molar-refractivity contribution in [3.8, 4) is 0 Å². The van der Waals surface area contributed by atoms with Gasteiger partial charge in [0.1, 0.15) is 16.8 Å². The highest BCUT2D eigenvalue weighted by Crippen LogP contribution is 2.34. The molecular weight excluding hydrogens is 394 g/mol. The molecule has 1 saturated heterocycles. The van der Waals surface area contributed by atoms with E-state index in [9.17, 15) is 22.4 Å². The van der Waals surface area contributed by atoms with Gasteiger partial charge >= 0.3 is 12.1 Å². The van der Waals surface area contributed by atoms with Crippen molar-refractivity contribution < 1.29 is 27.5 Å². The molecule has 1 aliphatic rings. The van der Waals surface area contributed by atoms with E-state index in [1.165, 1.54) is 35.2 Å². The molecule has 1 aliphatic heterocycles. The zero-order valence-electron chi connectivity index (χ0n) is 14.7. The minimum Gasteiger partial charge on any atom is -0.480 e. The highest BCUT2D eigenvalue weighted by molar-refractivity contribution is 7.80. The Kier molecular flexibility index (Phi) is 5.69. The molecule has 3 rings (SSSR count). The quantitative estimate of drug-likeness (QED) is 0.583. The minimum atomic E-state index is -4.58. The summed E-state index contributed by atoms with van der Waals surface area (Å²) in [5.41, 5.74) is 0.0539. The molecular formula is C20H17F4NO2S. The highest BCUT2D eigenvalue weighted by atomic mass is 32.1. The van der Waals surface area contributed by atoms with Crippen LogP contribution >= 0.6 is 12.2 Å². The van der Waals surface area contributed by atoms with Gasteiger partial charge in [-0.1, -0.05) is 36.5 Å². The van der Waals surface area contributed by atoms with Crippen LogP contribution in [-0.2, 0) is 23.8 Å². The number of hydrogen-bond donors (Lipinski definition) is 1. The largest absolute Gasteiger partial charge is 0.480 e. The molecule has 0 bridgehead atoms. The van der Waals surface area contributed by atoms with Gasteiger partial charge in [0.2, 0.25) is 0 Å². The van der Waals surface area contributed by atoms with Crippen LogP contribution in [0.4, 0.5) is 17.6 Å². The number of rotatable bonds is 5. The van der Waals surface area contributed by atoms with Gasteiger partial charge in [-0.05, 0) is 48.6 Å². The summed E-state index contributed by atoms with van der Waals surface area (Å²) in [6.07, 6.45) is -3.82. The maximum Gasteiger partial charge on any atom is 0.416 e. The Morgan fingerprint density at radius 2 is 1.93 bits per heavy atom. The average Bonchev–Trinajstić information content (AvgIpc) is 2.57. The zero-order chi connectivity index (χ0) is 20.5. The summed E-state index contributed by atoms with van der Waals surface area (Å²) in [7, 11) is 0. The molecule has 8 heteroatoms. The molecule has 2 aromatic rings. The van der Waals surface area contributed by atoms with Gasteiger partial charge in [0, 0.05) is 12.1 Å². The number of carboxylic acids is 1. The standard InChI is InChI=1S/C20H17F4NO2S/c21-15-3-1-2-12(10-15)4-5-13-6-7-14(11-16(13)20(22,23)24)18(28)25-9-8-17(25)19(26)27/h1-3,6-7,10-11,17H,4-5,8-9H2,(H,26,27)/t17-/m1/s1. The summed E-state index contributed by atoms with van der Waals surface area (Å²) in [6.45, 7) is 0.401. The van der Waals surface area contributed by atoms with Crippen molar-refractivity contribution in [1.82, 2.24) is 4.90 Å².